The van der Waals surface area contributed by atoms with Crippen LogP contribution in [0.2, 0.25) is 5.02 Å². The normalized spacial score (nSPS) is 20.3. The molecule has 0 N–H and O–H groups in total. The van der Waals surface area contributed by atoms with Crippen LogP contribution in [0.4, 0.5) is 0 Å². The van der Waals surface area contributed by atoms with E-state index in [1.54, 1.807) is 0 Å². The van der Waals surface area contributed by atoms with E-state index in [0.29, 0.717) is 12.5 Å². The molecule has 2 aliphatic rings. The Morgan fingerprint density at radius 1 is 1.19 bits per heavy atom. The van der Waals surface area contributed by atoms with Gasteiger partial charge in [-0.15, -0.1) is 0 Å². The summed E-state index contributed by atoms with van der Waals surface area (Å²) in [6.07, 6.45) is 6.00. The Balaban J connectivity index is 1.41. The molecule has 4 heteroatoms. The van der Waals surface area contributed by atoms with Crippen molar-refractivity contribution in [2.75, 3.05) is 13.1 Å². The Morgan fingerprint density at radius 3 is 2.62 bits per heavy atom. The van der Waals surface area contributed by atoms with Crippen molar-refractivity contribution in [3.05, 3.63) is 34.9 Å². The van der Waals surface area contributed by atoms with Gasteiger partial charge in [-0.2, -0.15) is 0 Å². The summed E-state index contributed by atoms with van der Waals surface area (Å²) in [5.41, 5.74) is 1.01. The smallest absolute Gasteiger partial charge is 0.225 e. The molecule has 1 aliphatic heterocycles. The van der Waals surface area contributed by atoms with Gasteiger partial charge >= 0.3 is 0 Å². The maximum Gasteiger partial charge on any atom is 0.225 e. The first-order valence-electron chi connectivity index (χ1n) is 7.88. The van der Waals surface area contributed by atoms with E-state index in [1.165, 1.54) is 19.3 Å². The molecule has 1 amide bonds. The van der Waals surface area contributed by atoms with Crippen molar-refractivity contribution in [2.45, 2.75) is 44.8 Å². The minimum absolute atomic E-state index is 0.161. The van der Waals surface area contributed by atoms with E-state index in [1.807, 2.05) is 29.2 Å². The highest BCUT2D eigenvalue weighted by molar-refractivity contribution is 6.31. The molecule has 1 aromatic carbocycles. The number of hydrogen-bond donors (Lipinski definition) is 0. The number of rotatable bonds is 4. The molecule has 21 heavy (non-hydrogen) atoms. The Morgan fingerprint density at radius 2 is 1.90 bits per heavy atom. The molecule has 1 heterocycles. The van der Waals surface area contributed by atoms with E-state index in [9.17, 15) is 4.79 Å². The second kappa shape index (κ2) is 6.80. The van der Waals surface area contributed by atoms with E-state index in [0.717, 1.165) is 36.5 Å². The number of ether oxygens (including phenoxy) is 1. The molecule has 0 atom stereocenters. The Labute approximate surface area is 131 Å². The molecule has 2 fully saturated rings. The largest absolute Gasteiger partial charge is 0.370 e. The van der Waals surface area contributed by atoms with Crippen LogP contribution >= 0.6 is 11.6 Å². The van der Waals surface area contributed by atoms with Gasteiger partial charge in [0.05, 0.1) is 12.7 Å². The zero-order valence-electron chi connectivity index (χ0n) is 12.3. The van der Waals surface area contributed by atoms with Crippen molar-refractivity contribution in [3.8, 4) is 0 Å². The topological polar surface area (TPSA) is 29.5 Å². The molecule has 3 rings (SSSR count). The van der Waals surface area contributed by atoms with Crippen LogP contribution < -0.4 is 0 Å². The first-order valence-corrected chi connectivity index (χ1v) is 8.25. The second-order valence-corrected chi connectivity index (χ2v) is 6.51. The maximum atomic E-state index is 12.3. The number of amides is 1. The van der Waals surface area contributed by atoms with Crippen molar-refractivity contribution >= 4 is 17.5 Å². The molecule has 3 nitrogen and oxygen atoms in total. The quantitative estimate of drug-likeness (QED) is 0.850. The monoisotopic (exact) mass is 307 g/mol. The molecule has 1 aliphatic carbocycles. The fraction of sp³-hybridized carbons (Fsp3) is 0.588. The highest BCUT2D eigenvalue weighted by atomic mass is 35.5. The first kappa shape index (κ1) is 14.9. The van der Waals surface area contributed by atoms with Gasteiger partial charge in [-0.3, -0.25) is 4.79 Å². The fourth-order valence-corrected chi connectivity index (χ4v) is 3.34. The van der Waals surface area contributed by atoms with Crippen LogP contribution in [0.1, 0.15) is 37.7 Å². The van der Waals surface area contributed by atoms with Crippen LogP contribution in [0.15, 0.2) is 24.3 Å². The third-order valence-corrected chi connectivity index (χ3v) is 4.92. The van der Waals surface area contributed by atoms with Crippen LogP contribution in [-0.4, -0.2) is 30.0 Å². The van der Waals surface area contributed by atoms with E-state index in [2.05, 4.69) is 0 Å². The lowest BCUT2D eigenvalue weighted by atomic mass is 9.87. The SMILES string of the molecule is O=C(C1CCCCC1)N1CC(OCc2ccccc2Cl)C1. The molecular formula is C17H22ClNO2. The first-order chi connectivity index (χ1) is 10.2. The molecule has 0 aromatic heterocycles. The highest BCUT2D eigenvalue weighted by Gasteiger charge is 2.35. The zero-order valence-corrected chi connectivity index (χ0v) is 13.0. The average molecular weight is 308 g/mol. The summed E-state index contributed by atoms with van der Waals surface area (Å²) in [6.45, 7) is 2.00. The number of carbonyl (C=O) groups excluding carboxylic acids is 1. The van der Waals surface area contributed by atoms with Gasteiger partial charge in [-0.25, -0.2) is 0 Å². The lowest BCUT2D eigenvalue weighted by Crippen LogP contribution is -2.56. The number of likely N-dealkylation sites (tertiary alicyclic amines) is 1. The van der Waals surface area contributed by atoms with Crippen molar-refractivity contribution in [1.82, 2.24) is 4.90 Å². The van der Waals surface area contributed by atoms with E-state index >= 15 is 0 Å². The Bertz CT molecular complexity index is 493. The van der Waals surface area contributed by atoms with Gasteiger partial charge < -0.3 is 9.64 Å². The fourth-order valence-electron chi connectivity index (χ4n) is 3.15. The minimum Gasteiger partial charge on any atom is -0.370 e. The minimum atomic E-state index is 0.161. The maximum absolute atomic E-state index is 12.3. The number of benzene rings is 1. The summed E-state index contributed by atoms with van der Waals surface area (Å²) in [5, 5.41) is 0.743. The van der Waals surface area contributed by atoms with Crippen LogP contribution in [-0.2, 0) is 16.1 Å². The molecule has 1 aromatic rings. The van der Waals surface area contributed by atoms with Crippen molar-refractivity contribution in [2.24, 2.45) is 5.92 Å². The Kier molecular flexibility index (Phi) is 4.81. The molecule has 114 valence electrons. The summed E-state index contributed by atoms with van der Waals surface area (Å²) >= 11 is 6.11. The van der Waals surface area contributed by atoms with E-state index in [-0.39, 0.29) is 12.0 Å². The van der Waals surface area contributed by atoms with Crippen LogP contribution in [0.3, 0.4) is 0 Å². The zero-order chi connectivity index (χ0) is 14.7. The van der Waals surface area contributed by atoms with Crippen molar-refractivity contribution in [3.63, 3.8) is 0 Å². The summed E-state index contributed by atoms with van der Waals surface area (Å²) in [4.78, 5) is 14.3. The number of carbonyl (C=O) groups is 1. The third-order valence-electron chi connectivity index (χ3n) is 4.55. The summed E-state index contributed by atoms with van der Waals surface area (Å²) in [7, 11) is 0. The van der Waals surface area contributed by atoms with Crippen molar-refractivity contribution in [1.29, 1.82) is 0 Å². The average Bonchev–Trinajstić information content (AvgIpc) is 2.48. The van der Waals surface area contributed by atoms with E-state index < -0.39 is 0 Å². The van der Waals surface area contributed by atoms with Crippen molar-refractivity contribution < 1.29 is 9.53 Å². The lowest BCUT2D eigenvalue weighted by Gasteiger charge is -2.41. The molecular weight excluding hydrogens is 286 g/mol. The van der Waals surface area contributed by atoms with Gasteiger partial charge in [0.1, 0.15) is 0 Å². The summed E-state index contributed by atoms with van der Waals surface area (Å²) in [5.74, 6) is 0.607. The lowest BCUT2D eigenvalue weighted by molar-refractivity contribution is -0.151. The number of halogens is 1. The summed E-state index contributed by atoms with van der Waals surface area (Å²) in [6, 6.07) is 7.73. The molecule has 0 unspecified atom stereocenters. The predicted octanol–water partition coefficient (Wildman–Crippen LogP) is 3.65. The van der Waals surface area contributed by atoms with Gasteiger partial charge in [-0.05, 0) is 24.5 Å². The summed E-state index contributed by atoms with van der Waals surface area (Å²) < 4.78 is 5.83. The van der Waals surface area contributed by atoms with Gasteiger partial charge in [-0.1, -0.05) is 49.1 Å². The van der Waals surface area contributed by atoms with E-state index in [4.69, 9.17) is 16.3 Å². The Hall–Kier alpha value is -1.06. The van der Waals surface area contributed by atoms with Gasteiger partial charge in [0.2, 0.25) is 5.91 Å². The third kappa shape index (κ3) is 3.58. The van der Waals surface area contributed by atoms with Crippen LogP contribution in [0, 0.1) is 5.92 Å². The van der Waals surface area contributed by atoms with Gasteiger partial charge in [0.25, 0.3) is 0 Å². The van der Waals surface area contributed by atoms with Crippen LogP contribution in [0.25, 0.3) is 0 Å². The molecule has 1 saturated heterocycles. The number of hydrogen-bond acceptors (Lipinski definition) is 2. The molecule has 0 radical (unpaired) electrons. The van der Waals surface area contributed by atoms with Crippen LogP contribution in [0.5, 0.6) is 0 Å². The van der Waals surface area contributed by atoms with Gasteiger partial charge in [0, 0.05) is 24.0 Å². The second-order valence-electron chi connectivity index (χ2n) is 6.10. The molecule has 0 bridgehead atoms. The highest BCUT2D eigenvalue weighted by Crippen LogP contribution is 2.28. The standard InChI is InChI=1S/C17H22ClNO2/c18-16-9-5-4-8-14(16)12-21-15-10-19(11-15)17(20)13-6-2-1-3-7-13/h4-5,8-9,13,15H,1-3,6-7,10-12H2. The van der Waals surface area contributed by atoms with Gasteiger partial charge in [0.15, 0.2) is 0 Å². The number of nitrogens with zero attached hydrogens (tertiary/aromatic N) is 1. The predicted molar refractivity (Wildman–Crippen MR) is 83.2 cm³/mol. The molecule has 1 saturated carbocycles. The molecule has 0 spiro atoms.